The molecule has 6 unspecified atom stereocenters. The van der Waals surface area contributed by atoms with Gasteiger partial charge in [-0.2, -0.15) is 0 Å². The van der Waals surface area contributed by atoms with Gasteiger partial charge in [-0.05, 0) is 67.8 Å². The SMILES string of the molecule is CCCC1CC2C3CCC4=CC(=O)CCC4(C)C3=CCC2(C)C1C(=O)CO. The largest absolute Gasteiger partial charge is 0.389 e. The van der Waals surface area contributed by atoms with Crippen molar-refractivity contribution in [1.82, 2.24) is 0 Å². The standard InChI is InChI=1S/C24H34O3/c1-4-5-15-12-20-18-7-6-16-13-17(26)8-10-23(16,2)19(18)9-11-24(20,3)22(15)21(27)14-25/h9,13,15,18,20,22,25H,4-8,10-12,14H2,1-3H3. The maximum Gasteiger partial charge on any atom is 0.162 e. The molecule has 0 amide bonds. The number of Topliss-reactive ketones (excluding diaryl/α,β-unsaturated/α-hetero) is 1. The van der Waals surface area contributed by atoms with Crippen LogP contribution in [0.3, 0.4) is 0 Å². The normalized spacial score (nSPS) is 43.3. The summed E-state index contributed by atoms with van der Waals surface area (Å²) in [7, 11) is 0. The van der Waals surface area contributed by atoms with Gasteiger partial charge in [0.2, 0.25) is 0 Å². The molecule has 148 valence electrons. The van der Waals surface area contributed by atoms with Crippen LogP contribution in [0.4, 0.5) is 0 Å². The minimum Gasteiger partial charge on any atom is -0.389 e. The fraction of sp³-hybridized carbons (Fsp3) is 0.750. The Morgan fingerprint density at radius 2 is 2.07 bits per heavy atom. The predicted molar refractivity (Wildman–Crippen MR) is 106 cm³/mol. The van der Waals surface area contributed by atoms with Crippen molar-refractivity contribution >= 4 is 11.6 Å². The highest BCUT2D eigenvalue weighted by Gasteiger charge is 2.59. The summed E-state index contributed by atoms with van der Waals surface area (Å²) in [5.41, 5.74) is 2.94. The molecule has 0 saturated heterocycles. The van der Waals surface area contributed by atoms with Crippen LogP contribution in [0.15, 0.2) is 23.3 Å². The Balaban J connectivity index is 1.72. The lowest BCUT2D eigenvalue weighted by atomic mass is 9.51. The molecular formula is C24H34O3. The van der Waals surface area contributed by atoms with Crippen molar-refractivity contribution in [2.45, 2.75) is 72.1 Å². The molecule has 1 N–H and O–H groups in total. The van der Waals surface area contributed by atoms with Crippen LogP contribution in [-0.2, 0) is 9.59 Å². The molecule has 0 aromatic carbocycles. The zero-order chi connectivity index (χ0) is 19.4. The molecule has 0 aromatic rings. The van der Waals surface area contributed by atoms with Crippen molar-refractivity contribution in [2.75, 3.05) is 6.61 Å². The van der Waals surface area contributed by atoms with Crippen LogP contribution in [0.1, 0.15) is 72.1 Å². The fourth-order valence-electron chi connectivity index (χ4n) is 7.42. The predicted octanol–water partition coefficient (Wildman–Crippen LogP) is 4.64. The summed E-state index contributed by atoms with van der Waals surface area (Å²) < 4.78 is 0. The maximum absolute atomic E-state index is 12.7. The van der Waals surface area contributed by atoms with Gasteiger partial charge in [0, 0.05) is 17.8 Å². The van der Waals surface area contributed by atoms with E-state index in [4.69, 9.17) is 0 Å². The quantitative estimate of drug-likeness (QED) is 0.733. The number of aliphatic hydroxyl groups is 1. The number of ketones is 2. The molecule has 6 atom stereocenters. The Bertz CT molecular complexity index is 717. The first kappa shape index (κ1) is 19.1. The van der Waals surface area contributed by atoms with Gasteiger partial charge in [-0.25, -0.2) is 0 Å². The van der Waals surface area contributed by atoms with Crippen LogP contribution < -0.4 is 0 Å². The van der Waals surface area contributed by atoms with Gasteiger partial charge in [0.15, 0.2) is 11.6 Å². The van der Waals surface area contributed by atoms with Crippen molar-refractivity contribution < 1.29 is 14.7 Å². The van der Waals surface area contributed by atoms with Crippen molar-refractivity contribution in [3.8, 4) is 0 Å². The van der Waals surface area contributed by atoms with Crippen LogP contribution in [0.25, 0.3) is 0 Å². The van der Waals surface area contributed by atoms with Gasteiger partial charge >= 0.3 is 0 Å². The lowest BCUT2D eigenvalue weighted by Gasteiger charge is -2.53. The first-order chi connectivity index (χ1) is 12.8. The summed E-state index contributed by atoms with van der Waals surface area (Å²) in [6.07, 6.45) is 12.4. The van der Waals surface area contributed by atoms with Gasteiger partial charge in [0.1, 0.15) is 6.61 Å². The number of carbonyl (C=O) groups excluding carboxylic acids is 2. The van der Waals surface area contributed by atoms with E-state index < -0.39 is 0 Å². The molecule has 27 heavy (non-hydrogen) atoms. The highest BCUT2D eigenvalue weighted by Crippen LogP contribution is 2.66. The minimum atomic E-state index is -0.318. The number of fused-ring (bicyclic) bond motifs is 5. The van der Waals surface area contributed by atoms with Crippen LogP contribution in [0.5, 0.6) is 0 Å². The zero-order valence-electron chi connectivity index (χ0n) is 17.1. The average molecular weight is 371 g/mol. The molecule has 0 aromatic heterocycles. The number of allylic oxidation sites excluding steroid dienone is 4. The molecule has 4 rings (SSSR count). The second-order valence-corrected chi connectivity index (χ2v) is 9.98. The third-order valence-corrected chi connectivity index (χ3v) is 8.67. The summed E-state index contributed by atoms with van der Waals surface area (Å²) in [5, 5.41) is 9.63. The van der Waals surface area contributed by atoms with Crippen molar-refractivity contribution in [2.24, 2.45) is 34.5 Å². The molecule has 0 bridgehead atoms. The van der Waals surface area contributed by atoms with E-state index in [1.165, 1.54) is 5.57 Å². The van der Waals surface area contributed by atoms with Crippen molar-refractivity contribution in [3.63, 3.8) is 0 Å². The van der Waals surface area contributed by atoms with Crippen LogP contribution >= 0.6 is 0 Å². The number of rotatable bonds is 4. The van der Waals surface area contributed by atoms with Crippen LogP contribution in [0, 0.1) is 34.5 Å². The van der Waals surface area contributed by atoms with Crippen molar-refractivity contribution in [1.29, 1.82) is 0 Å². The first-order valence-electron chi connectivity index (χ1n) is 10.9. The van der Waals surface area contributed by atoms with Crippen molar-refractivity contribution in [3.05, 3.63) is 23.3 Å². The molecule has 0 aliphatic heterocycles. The van der Waals surface area contributed by atoms with Gasteiger partial charge in [0.25, 0.3) is 0 Å². The van der Waals surface area contributed by atoms with Gasteiger partial charge in [0.05, 0.1) is 0 Å². The molecule has 0 heterocycles. The smallest absolute Gasteiger partial charge is 0.162 e. The van der Waals surface area contributed by atoms with E-state index in [1.807, 2.05) is 6.08 Å². The number of carbonyl (C=O) groups is 2. The van der Waals surface area contributed by atoms with Gasteiger partial charge < -0.3 is 5.11 Å². The van der Waals surface area contributed by atoms with E-state index in [1.54, 1.807) is 5.57 Å². The third kappa shape index (κ3) is 2.72. The topological polar surface area (TPSA) is 54.4 Å². The molecule has 3 heteroatoms. The number of hydrogen-bond donors (Lipinski definition) is 1. The molecule has 0 radical (unpaired) electrons. The van der Waals surface area contributed by atoms with Crippen LogP contribution in [0.2, 0.25) is 0 Å². The molecule has 0 spiro atoms. The fourth-order valence-corrected chi connectivity index (χ4v) is 7.42. The van der Waals surface area contributed by atoms with Gasteiger partial charge in [-0.3, -0.25) is 9.59 Å². The first-order valence-corrected chi connectivity index (χ1v) is 10.9. The third-order valence-electron chi connectivity index (χ3n) is 8.67. The molecular weight excluding hydrogens is 336 g/mol. The van der Waals surface area contributed by atoms with E-state index in [0.717, 1.165) is 44.9 Å². The monoisotopic (exact) mass is 370 g/mol. The molecule has 2 fully saturated rings. The lowest BCUT2D eigenvalue weighted by molar-refractivity contribution is -0.131. The van der Waals surface area contributed by atoms with Gasteiger partial charge in [-0.1, -0.05) is 44.4 Å². The zero-order valence-corrected chi connectivity index (χ0v) is 17.1. The average Bonchev–Trinajstić information content (AvgIpc) is 2.94. The second-order valence-electron chi connectivity index (χ2n) is 9.98. The van der Waals surface area contributed by atoms with E-state index in [-0.39, 0.29) is 29.1 Å². The lowest BCUT2D eigenvalue weighted by Crippen LogP contribution is -2.46. The highest BCUT2D eigenvalue weighted by molar-refractivity contribution is 5.92. The Kier molecular flexibility index (Phi) is 4.73. The summed E-state index contributed by atoms with van der Waals surface area (Å²) in [5.74, 6) is 1.83. The summed E-state index contributed by atoms with van der Waals surface area (Å²) in [4.78, 5) is 24.7. The minimum absolute atomic E-state index is 0.00271. The summed E-state index contributed by atoms with van der Waals surface area (Å²) >= 11 is 0. The highest BCUT2D eigenvalue weighted by atomic mass is 16.3. The van der Waals surface area contributed by atoms with E-state index in [9.17, 15) is 14.7 Å². The second kappa shape index (κ2) is 6.69. The van der Waals surface area contributed by atoms with E-state index in [2.05, 4.69) is 26.8 Å². The van der Waals surface area contributed by atoms with Gasteiger partial charge in [-0.15, -0.1) is 0 Å². The van der Waals surface area contributed by atoms with Crippen LogP contribution in [-0.4, -0.2) is 23.3 Å². The summed E-state index contributed by atoms with van der Waals surface area (Å²) in [6, 6.07) is 0. The molecule has 2 saturated carbocycles. The Hall–Kier alpha value is -1.22. The Morgan fingerprint density at radius 1 is 1.30 bits per heavy atom. The molecule has 4 aliphatic rings. The van der Waals surface area contributed by atoms with E-state index >= 15 is 0 Å². The molecule has 4 aliphatic carbocycles. The molecule has 3 nitrogen and oxygen atoms in total. The summed E-state index contributed by atoms with van der Waals surface area (Å²) in [6.45, 7) is 6.55. The van der Waals surface area contributed by atoms with E-state index in [0.29, 0.717) is 30.0 Å². The number of hydrogen-bond acceptors (Lipinski definition) is 3. The maximum atomic E-state index is 12.7. The Labute approximate surface area is 163 Å². The number of aliphatic hydroxyl groups excluding tert-OH is 1. The Morgan fingerprint density at radius 3 is 2.78 bits per heavy atom.